The van der Waals surface area contributed by atoms with Gasteiger partial charge in [-0.25, -0.2) is 8.42 Å². The van der Waals surface area contributed by atoms with E-state index in [-0.39, 0.29) is 17.7 Å². The van der Waals surface area contributed by atoms with Gasteiger partial charge >= 0.3 is 0 Å². The van der Waals surface area contributed by atoms with Crippen molar-refractivity contribution in [3.8, 4) is 0 Å². The Balaban J connectivity index is 1.83. The SMILES string of the molecule is Cc1cc(C(=O)N(C)[C@@H]2CCNC2)ccc1N1CCCS1(=O)=O. The van der Waals surface area contributed by atoms with Crippen LogP contribution in [0.25, 0.3) is 0 Å². The zero-order valence-corrected chi connectivity index (χ0v) is 14.4. The summed E-state index contributed by atoms with van der Waals surface area (Å²) in [6.45, 7) is 4.14. The van der Waals surface area contributed by atoms with Crippen LogP contribution in [0.4, 0.5) is 5.69 Å². The summed E-state index contributed by atoms with van der Waals surface area (Å²) in [5.41, 5.74) is 2.11. The Morgan fingerprint density at radius 1 is 1.39 bits per heavy atom. The van der Waals surface area contributed by atoms with Crippen LogP contribution in [0.5, 0.6) is 0 Å². The molecule has 2 aliphatic heterocycles. The molecule has 0 unspecified atom stereocenters. The molecular weight excluding hydrogens is 314 g/mol. The monoisotopic (exact) mass is 337 g/mol. The van der Waals surface area contributed by atoms with Gasteiger partial charge in [0.1, 0.15) is 0 Å². The van der Waals surface area contributed by atoms with Gasteiger partial charge in [0.05, 0.1) is 11.4 Å². The lowest BCUT2D eigenvalue weighted by Crippen LogP contribution is -2.38. The van der Waals surface area contributed by atoms with Crippen molar-refractivity contribution in [1.82, 2.24) is 10.2 Å². The lowest BCUT2D eigenvalue weighted by atomic mass is 10.1. The van der Waals surface area contributed by atoms with Crippen molar-refractivity contribution >= 4 is 21.6 Å². The van der Waals surface area contributed by atoms with Crippen LogP contribution in [-0.2, 0) is 10.0 Å². The number of rotatable bonds is 3. The summed E-state index contributed by atoms with van der Waals surface area (Å²) in [6.07, 6.45) is 1.62. The highest BCUT2D eigenvalue weighted by Crippen LogP contribution is 2.28. The lowest BCUT2D eigenvalue weighted by molar-refractivity contribution is 0.0743. The summed E-state index contributed by atoms with van der Waals surface area (Å²) in [6, 6.07) is 5.51. The number of carbonyl (C=O) groups is 1. The minimum Gasteiger partial charge on any atom is -0.337 e. The van der Waals surface area contributed by atoms with Gasteiger partial charge in [0.25, 0.3) is 5.91 Å². The van der Waals surface area contributed by atoms with Crippen molar-refractivity contribution in [1.29, 1.82) is 0 Å². The summed E-state index contributed by atoms with van der Waals surface area (Å²) < 4.78 is 25.6. The second-order valence-corrected chi connectivity index (χ2v) is 8.32. The first-order chi connectivity index (χ1) is 10.9. The number of aryl methyl sites for hydroxylation is 1. The number of nitrogens with zero attached hydrogens (tertiary/aromatic N) is 2. The van der Waals surface area contributed by atoms with Gasteiger partial charge in [0.15, 0.2) is 0 Å². The maximum absolute atomic E-state index is 12.6. The fraction of sp³-hybridized carbons (Fsp3) is 0.562. The zero-order valence-electron chi connectivity index (χ0n) is 13.6. The Hall–Kier alpha value is -1.60. The van der Waals surface area contributed by atoms with Gasteiger partial charge in [-0.15, -0.1) is 0 Å². The van der Waals surface area contributed by atoms with E-state index >= 15 is 0 Å². The molecule has 0 bridgehead atoms. The number of sulfonamides is 1. The molecule has 2 heterocycles. The van der Waals surface area contributed by atoms with Crippen LogP contribution in [-0.4, -0.2) is 57.7 Å². The van der Waals surface area contributed by atoms with Crippen LogP contribution in [0.3, 0.4) is 0 Å². The average molecular weight is 337 g/mol. The summed E-state index contributed by atoms with van der Waals surface area (Å²) in [7, 11) is -1.37. The molecule has 1 aromatic rings. The van der Waals surface area contributed by atoms with Crippen LogP contribution >= 0.6 is 0 Å². The lowest BCUT2D eigenvalue weighted by Gasteiger charge is -2.25. The van der Waals surface area contributed by atoms with Crippen molar-refractivity contribution in [2.45, 2.75) is 25.8 Å². The molecule has 0 aromatic heterocycles. The molecule has 6 nitrogen and oxygen atoms in total. The summed E-state index contributed by atoms with van der Waals surface area (Å²) >= 11 is 0. The first kappa shape index (κ1) is 16.3. The van der Waals surface area contributed by atoms with Gasteiger partial charge in [-0.3, -0.25) is 9.10 Å². The van der Waals surface area contributed by atoms with Crippen molar-refractivity contribution in [3.05, 3.63) is 29.3 Å². The van der Waals surface area contributed by atoms with E-state index < -0.39 is 10.0 Å². The number of amides is 1. The van der Waals surface area contributed by atoms with Crippen molar-refractivity contribution in [2.24, 2.45) is 0 Å². The second kappa shape index (κ2) is 6.13. The molecule has 2 fully saturated rings. The molecule has 0 aliphatic carbocycles. The number of likely N-dealkylation sites (N-methyl/N-ethyl adjacent to an activating group) is 1. The highest BCUT2D eigenvalue weighted by atomic mass is 32.2. The summed E-state index contributed by atoms with van der Waals surface area (Å²) in [4.78, 5) is 14.4. The van der Waals surface area contributed by atoms with Gasteiger partial charge in [-0.1, -0.05) is 0 Å². The van der Waals surface area contributed by atoms with Gasteiger partial charge < -0.3 is 10.2 Å². The molecule has 0 spiro atoms. The molecule has 1 amide bonds. The third kappa shape index (κ3) is 3.07. The standard InChI is InChI=1S/C16H23N3O3S/c1-12-10-13(16(20)18(2)14-6-7-17-11-14)4-5-15(12)19-8-3-9-23(19,21)22/h4-5,10,14,17H,3,6-9,11H2,1-2H3/t14-/m1/s1. The first-order valence-corrected chi connectivity index (χ1v) is 9.60. The molecule has 0 radical (unpaired) electrons. The van der Waals surface area contributed by atoms with Crippen LogP contribution < -0.4 is 9.62 Å². The summed E-state index contributed by atoms with van der Waals surface area (Å²) in [5, 5.41) is 3.26. The van der Waals surface area contributed by atoms with Gasteiger partial charge in [-0.2, -0.15) is 0 Å². The maximum Gasteiger partial charge on any atom is 0.253 e. The second-order valence-electron chi connectivity index (χ2n) is 6.31. The molecule has 23 heavy (non-hydrogen) atoms. The van der Waals surface area contributed by atoms with Gasteiger partial charge in [-0.05, 0) is 50.1 Å². The molecule has 1 N–H and O–H groups in total. The molecular formula is C16H23N3O3S. The smallest absolute Gasteiger partial charge is 0.253 e. The minimum absolute atomic E-state index is 0.0161. The predicted molar refractivity (Wildman–Crippen MR) is 90.3 cm³/mol. The molecule has 2 saturated heterocycles. The number of carbonyl (C=O) groups excluding carboxylic acids is 1. The van der Waals surface area contributed by atoms with E-state index in [1.54, 1.807) is 23.1 Å². The normalized spacial score (nSPS) is 23.2. The molecule has 7 heteroatoms. The Labute approximate surface area is 137 Å². The zero-order chi connectivity index (χ0) is 16.6. The van der Waals surface area contributed by atoms with Crippen molar-refractivity contribution < 1.29 is 13.2 Å². The van der Waals surface area contributed by atoms with Crippen molar-refractivity contribution in [3.63, 3.8) is 0 Å². The highest BCUT2D eigenvalue weighted by Gasteiger charge is 2.30. The van der Waals surface area contributed by atoms with Crippen LogP contribution in [0.1, 0.15) is 28.8 Å². The predicted octanol–water partition coefficient (Wildman–Crippen LogP) is 0.969. The largest absolute Gasteiger partial charge is 0.337 e. The molecule has 1 atom stereocenters. The Morgan fingerprint density at radius 3 is 2.74 bits per heavy atom. The fourth-order valence-corrected chi connectivity index (χ4v) is 4.94. The maximum atomic E-state index is 12.6. The number of nitrogens with one attached hydrogen (secondary N) is 1. The summed E-state index contributed by atoms with van der Waals surface area (Å²) in [5.74, 6) is 0.183. The first-order valence-electron chi connectivity index (χ1n) is 7.99. The topological polar surface area (TPSA) is 69.7 Å². The van der Waals surface area contributed by atoms with Crippen LogP contribution in [0.2, 0.25) is 0 Å². The molecule has 0 saturated carbocycles. The van der Waals surface area contributed by atoms with Gasteiger partial charge in [0.2, 0.25) is 10.0 Å². The van der Waals surface area contributed by atoms with E-state index in [2.05, 4.69) is 5.32 Å². The Kier molecular flexibility index (Phi) is 4.33. The van der Waals surface area contributed by atoms with Crippen molar-refractivity contribution in [2.75, 3.05) is 36.7 Å². The number of benzene rings is 1. The van der Waals surface area contributed by atoms with E-state index in [0.29, 0.717) is 24.2 Å². The molecule has 3 rings (SSSR count). The quantitative estimate of drug-likeness (QED) is 0.892. The number of hydrogen-bond donors (Lipinski definition) is 1. The number of anilines is 1. The minimum atomic E-state index is -3.20. The van der Waals surface area contributed by atoms with E-state index in [0.717, 1.165) is 25.1 Å². The van der Waals surface area contributed by atoms with E-state index in [1.165, 1.54) is 4.31 Å². The van der Waals surface area contributed by atoms with Crippen LogP contribution in [0, 0.1) is 6.92 Å². The third-order valence-electron chi connectivity index (χ3n) is 4.71. The third-order valence-corrected chi connectivity index (χ3v) is 6.57. The van der Waals surface area contributed by atoms with Crippen LogP contribution in [0.15, 0.2) is 18.2 Å². The molecule has 126 valence electrons. The van der Waals surface area contributed by atoms with Gasteiger partial charge in [0, 0.05) is 31.7 Å². The number of hydrogen-bond acceptors (Lipinski definition) is 4. The molecule has 2 aliphatic rings. The van der Waals surface area contributed by atoms with E-state index in [4.69, 9.17) is 0 Å². The highest BCUT2D eigenvalue weighted by molar-refractivity contribution is 7.93. The van der Waals surface area contributed by atoms with E-state index in [1.807, 2.05) is 14.0 Å². The Morgan fingerprint density at radius 2 is 2.17 bits per heavy atom. The van der Waals surface area contributed by atoms with E-state index in [9.17, 15) is 13.2 Å². The fourth-order valence-electron chi connectivity index (χ4n) is 3.32. The average Bonchev–Trinajstić information content (AvgIpc) is 3.15. The Bertz CT molecular complexity index is 711. The molecule has 1 aromatic carbocycles.